The summed E-state index contributed by atoms with van der Waals surface area (Å²) in [6.07, 6.45) is 1.46. The number of hydrogen-bond acceptors (Lipinski definition) is 5. The van der Waals surface area contributed by atoms with Crippen molar-refractivity contribution in [3.63, 3.8) is 0 Å². The van der Waals surface area contributed by atoms with Crippen molar-refractivity contribution in [2.45, 2.75) is 6.92 Å². The van der Waals surface area contributed by atoms with Crippen LogP contribution >= 0.6 is 0 Å². The highest BCUT2D eigenvalue weighted by atomic mass is 16.5. The number of nitrogens with zero attached hydrogens (tertiary/aromatic N) is 1. The zero-order chi connectivity index (χ0) is 22.5. The van der Waals surface area contributed by atoms with E-state index < -0.39 is 11.9 Å². The van der Waals surface area contributed by atoms with Gasteiger partial charge in [0.05, 0.1) is 17.3 Å². The van der Waals surface area contributed by atoms with Gasteiger partial charge in [-0.2, -0.15) is 5.10 Å². The molecule has 0 unspecified atom stereocenters. The summed E-state index contributed by atoms with van der Waals surface area (Å²) < 4.78 is 5.40. The lowest BCUT2D eigenvalue weighted by molar-refractivity contribution is 0.0733. The molecule has 158 valence electrons. The van der Waals surface area contributed by atoms with E-state index in [1.807, 2.05) is 43.3 Å². The molecule has 1 amide bonds. The van der Waals surface area contributed by atoms with Crippen LogP contribution in [0.25, 0.3) is 10.8 Å². The van der Waals surface area contributed by atoms with Crippen LogP contribution in [-0.4, -0.2) is 23.2 Å². The van der Waals surface area contributed by atoms with Gasteiger partial charge in [-0.3, -0.25) is 4.79 Å². The van der Waals surface area contributed by atoms with Crippen LogP contribution in [0.5, 0.6) is 11.5 Å². The Labute approximate surface area is 184 Å². The minimum atomic E-state index is -0.520. The number of aryl methyl sites for hydroxylation is 1. The van der Waals surface area contributed by atoms with Crippen LogP contribution < -0.4 is 10.2 Å². The Morgan fingerprint density at radius 2 is 1.53 bits per heavy atom. The number of ether oxygens (including phenoxy) is 1. The average molecular weight is 424 g/mol. The monoisotopic (exact) mass is 424 g/mol. The maximum absolute atomic E-state index is 12.4. The molecule has 0 bridgehead atoms. The Hall–Kier alpha value is -4.45. The molecule has 2 N–H and O–H groups in total. The molecule has 4 aromatic carbocycles. The number of rotatable bonds is 5. The first kappa shape index (κ1) is 20.8. The molecule has 4 rings (SSSR count). The number of phenols is 1. The molecule has 0 saturated heterocycles. The number of amides is 1. The molecule has 0 fully saturated rings. The quantitative estimate of drug-likeness (QED) is 0.208. The number of fused-ring (bicyclic) bond motifs is 1. The molecular weight excluding hydrogens is 404 g/mol. The third-order valence-electron chi connectivity index (χ3n) is 4.94. The summed E-state index contributed by atoms with van der Waals surface area (Å²) >= 11 is 0. The van der Waals surface area contributed by atoms with Crippen molar-refractivity contribution in [1.82, 2.24) is 5.43 Å². The molecule has 32 heavy (non-hydrogen) atoms. The maximum atomic E-state index is 12.4. The molecule has 0 radical (unpaired) electrons. The van der Waals surface area contributed by atoms with Crippen molar-refractivity contribution < 1.29 is 19.4 Å². The van der Waals surface area contributed by atoms with Gasteiger partial charge in [-0.25, -0.2) is 10.2 Å². The maximum Gasteiger partial charge on any atom is 0.343 e. The fraction of sp³-hybridized carbons (Fsp3) is 0.0385. The van der Waals surface area contributed by atoms with Gasteiger partial charge in [0.1, 0.15) is 11.5 Å². The summed E-state index contributed by atoms with van der Waals surface area (Å²) in [6.45, 7) is 1.85. The second kappa shape index (κ2) is 9.14. The van der Waals surface area contributed by atoms with E-state index in [1.165, 1.54) is 6.21 Å². The summed E-state index contributed by atoms with van der Waals surface area (Å²) in [5.41, 5.74) is 4.60. The zero-order valence-electron chi connectivity index (χ0n) is 17.3. The molecule has 0 heterocycles. The number of phenolic OH excluding ortho intramolecular Hbond substituents is 1. The minimum Gasteiger partial charge on any atom is -0.507 e. The van der Waals surface area contributed by atoms with Crippen molar-refractivity contribution in [1.29, 1.82) is 0 Å². The number of benzene rings is 4. The van der Waals surface area contributed by atoms with Gasteiger partial charge in [0.15, 0.2) is 0 Å². The highest BCUT2D eigenvalue weighted by Gasteiger charge is 2.12. The molecule has 0 aromatic heterocycles. The first-order valence-electron chi connectivity index (χ1n) is 9.94. The van der Waals surface area contributed by atoms with E-state index in [4.69, 9.17) is 4.74 Å². The molecule has 0 aliphatic rings. The number of hydrazone groups is 1. The minimum absolute atomic E-state index is 0.115. The van der Waals surface area contributed by atoms with E-state index in [9.17, 15) is 14.7 Å². The van der Waals surface area contributed by atoms with Crippen LogP contribution in [0.15, 0.2) is 90.0 Å². The van der Waals surface area contributed by atoms with Crippen LogP contribution in [0.3, 0.4) is 0 Å². The fourth-order valence-electron chi connectivity index (χ4n) is 3.22. The molecule has 6 nitrogen and oxygen atoms in total. The van der Waals surface area contributed by atoms with Gasteiger partial charge < -0.3 is 9.84 Å². The predicted molar refractivity (Wildman–Crippen MR) is 123 cm³/mol. The third kappa shape index (κ3) is 4.65. The van der Waals surface area contributed by atoms with Crippen LogP contribution in [0, 0.1) is 6.92 Å². The Kier molecular flexibility index (Phi) is 5.94. The molecule has 6 heteroatoms. The first-order valence-corrected chi connectivity index (χ1v) is 9.94. The van der Waals surface area contributed by atoms with Gasteiger partial charge in [0, 0.05) is 0 Å². The van der Waals surface area contributed by atoms with E-state index in [0.717, 1.165) is 16.3 Å². The summed E-state index contributed by atoms with van der Waals surface area (Å²) in [5.74, 6) is -0.656. The van der Waals surface area contributed by atoms with Crippen molar-refractivity contribution in [2.75, 3.05) is 0 Å². The summed E-state index contributed by atoms with van der Waals surface area (Å²) in [6, 6.07) is 24.5. The first-order chi connectivity index (χ1) is 15.5. The summed E-state index contributed by atoms with van der Waals surface area (Å²) in [5, 5.41) is 15.8. The van der Waals surface area contributed by atoms with Gasteiger partial charge in [-0.05, 0) is 71.3 Å². The number of aromatic hydroxyl groups is 1. The van der Waals surface area contributed by atoms with Crippen LogP contribution in [0.1, 0.15) is 31.8 Å². The van der Waals surface area contributed by atoms with Gasteiger partial charge in [-0.1, -0.05) is 42.5 Å². The fourth-order valence-corrected chi connectivity index (χ4v) is 3.22. The molecule has 0 atom stereocenters. The largest absolute Gasteiger partial charge is 0.507 e. The summed E-state index contributed by atoms with van der Waals surface area (Å²) in [7, 11) is 0. The predicted octanol–water partition coefficient (Wildman–Crippen LogP) is 4.84. The van der Waals surface area contributed by atoms with E-state index >= 15 is 0 Å². The standard InChI is InChI=1S/C26H20N2O4/c1-17-6-2-5-9-22(17)26(31)32-21-12-10-18(11-13-21)16-27-28-25(30)23-14-19-7-3-4-8-20(19)15-24(23)29/h2-16,29H,1H3,(H,28,30)/b27-16+. The lowest BCUT2D eigenvalue weighted by atomic mass is 10.1. The highest BCUT2D eigenvalue weighted by Crippen LogP contribution is 2.24. The zero-order valence-corrected chi connectivity index (χ0v) is 17.3. The Morgan fingerprint density at radius 1 is 0.875 bits per heavy atom. The Morgan fingerprint density at radius 3 is 2.25 bits per heavy atom. The number of esters is 1. The topological polar surface area (TPSA) is 88.0 Å². The smallest absolute Gasteiger partial charge is 0.343 e. The van der Waals surface area contributed by atoms with E-state index in [2.05, 4.69) is 10.5 Å². The number of nitrogens with one attached hydrogen (secondary N) is 1. The third-order valence-corrected chi connectivity index (χ3v) is 4.94. The van der Waals surface area contributed by atoms with Crippen molar-refractivity contribution >= 4 is 28.9 Å². The van der Waals surface area contributed by atoms with Gasteiger partial charge in [0.2, 0.25) is 0 Å². The van der Waals surface area contributed by atoms with Crippen LogP contribution in [-0.2, 0) is 0 Å². The van der Waals surface area contributed by atoms with E-state index in [1.54, 1.807) is 48.5 Å². The molecule has 0 aliphatic heterocycles. The highest BCUT2D eigenvalue weighted by molar-refractivity contribution is 6.01. The average Bonchev–Trinajstić information content (AvgIpc) is 2.80. The molecular formula is C26H20N2O4. The Bertz CT molecular complexity index is 1330. The van der Waals surface area contributed by atoms with E-state index in [0.29, 0.717) is 16.9 Å². The SMILES string of the molecule is Cc1ccccc1C(=O)Oc1ccc(/C=N/NC(=O)c2cc3ccccc3cc2O)cc1. The lowest BCUT2D eigenvalue weighted by Gasteiger charge is -2.07. The molecule has 4 aromatic rings. The van der Waals surface area contributed by atoms with E-state index in [-0.39, 0.29) is 11.3 Å². The molecule has 0 saturated carbocycles. The number of hydrogen-bond donors (Lipinski definition) is 2. The van der Waals surface area contributed by atoms with Gasteiger partial charge in [0.25, 0.3) is 5.91 Å². The molecule has 0 spiro atoms. The van der Waals surface area contributed by atoms with Gasteiger partial charge >= 0.3 is 5.97 Å². The van der Waals surface area contributed by atoms with Crippen LogP contribution in [0.2, 0.25) is 0 Å². The second-order valence-electron chi connectivity index (χ2n) is 7.19. The summed E-state index contributed by atoms with van der Waals surface area (Å²) in [4.78, 5) is 24.7. The number of carbonyl (C=O) groups excluding carboxylic acids is 2. The second-order valence-corrected chi connectivity index (χ2v) is 7.19. The van der Waals surface area contributed by atoms with Crippen molar-refractivity contribution in [3.05, 3.63) is 107 Å². The van der Waals surface area contributed by atoms with Crippen LogP contribution in [0.4, 0.5) is 0 Å². The Balaban J connectivity index is 1.39. The number of carbonyl (C=O) groups is 2. The van der Waals surface area contributed by atoms with Crippen molar-refractivity contribution in [3.8, 4) is 11.5 Å². The van der Waals surface area contributed by atoms with Crippen molar-refractivity contribution in [2.24, 2.45) is 5.10 Å². The normalized spacial score (nSPS) is 10.9. The van der Waals surface area contributed by atoms with Gasteiger partial charge in [-0.15, -0.1) is 0 Å². The lowest BCUT2D eigenvalue weighted by Crippen LogP contribution is -2.17. The molecule has 0 aliphatic carbocycles.